The van der Waals surface area contributed by atoms with Crippen molar-refractivity contribution in [3.8, 4) is 0 Å². The SMILES string of the molecule is CCc1ccc(NC(=O)Cn2ncc3c(C)n(Cc4ccccc4Cl)c(C)c3c2=O)cc1. The third-order valence-electron chi connectivity index (χ3n) is 5.83. The van der Waals surface area contributed by atoms with Gasteiger partial charge in [-0.1, -0.05) is 48.9 Å². The van der Waals surface area contributed by atoms with Crippen LogP contribution >= 0.6 is 11.6 Å². The Bertz CT molecular complexity index is 1350. The number of anilines is 1. The minimum absolute atomic E-state index is 0.154. The van der Waals surface area contributed by atoms with Gasteiger partial charge in [-0.3, -0.25) is 9.59 Å². The second-order valence-corrected chi connectivity index (χ2v) is 8.25. The summed E-state index contributed by atoms with van der Waals surface area (Å²) >= 11 is 6.34. The number of carbonyl (C=O) groups is 1. The third kappa shape index (κ3) is 4.18. The molecular formula is C25H25ClN4O2. The standard InChI is InChI=1S/C25H25ClN4O2/c1-4-18-9-11-20(12-10-18)28-23(31)15-30-25(32)24-17(3)29(16(2)21(24)13-27-30)14-19-7-5-6-8-22(19)26/h5-13H,4,14-15H2,1-3H3,(H,28,31). The highest BCUT2D eigenvalue weighted by Gasteiger charge is 2.18. The maximum atomic E-state index is 13.2. The molecule has 0 radical (unpaired) electrons. The summed E-state index contributed by atoms with van der Waals surface area (Å²) in [6.45, 7) is 6.35. The number of rotatable bonds is 6. The van der Waals surface area contributed by atoms with Gasteiger partial charge in [-0.05, 0) is 49.6 Å². The highest BCUT2D eigenvalue weighted by atomic mass is 35.5. The van der Waals surface area contributed by atoms with Crippen LogP contribution in [0.2, 0.25) is 5.02 Å². The second kappa shape index (κ2) is 9.01. The molecule has 1 amide bonds. The lowest BCUT2D eigenvalue weighted by Crippen LogP contribution is -2.29. The third-order valence-corrected chi connectivity index (χ3v) is 6.20. The molecule has 164 valence electrons. The molecule has 1 N–H and O–H groups in total. The maximum Gasteiger partial charge on any atom is 0.276 e. The van der Waals surface area contributed by atoms with E-state index in [0.29, 0.717) is 22.6 Å². The summed E-state index contributed by atoms with van der Waals surface area (Å²) in [6.07, 6.45) is 2.59. The van der Waals surface area contributed by atoms with Crippen molar-refractivity contribution in [2.75, 3.05) is 5.32 Å². The average Bonchev–Trinajstić information content (AvgIpc) is 3.02. The molecular weight excluding hydrogens is 424 g/mol. The van der Waals surface area contributed by atoms with Crippen molar-refractivity contribution in [3.05, 3.63) is 92.6 Å². The van der Waals surface area contributed by atoms with Gasteiger partial charge >= 0.3 is 0 Å². The topological polar surface area (TPSA) is 68.9 Å². The van der Waals surface area contributed by atoms with E-state index in [0.717, 1.165) is 28.8 Å². The Balaban J connectivity index is 1.62. The first-order chi connectivity index (χ1) is 15.4. The van der Waals surface area contributed by atoms with Crippen molar-refractivity contribution in [2.45, 2.75) is 40.3 Å². The van der Waals surface area contributed by atoms with Crippen LogP contribution in [0.3, 0.4) is 0 Å². The van der Waals surface area contributed by atoms with Gasteiger partial charge in [0.1, 0.15) is 6.54 Å². The monoisotopic (exact) mass is 448 g/mol. The zero-order valence-corrected chi connectivity index (χ0v) is 19.1. The lowest BCUT2D eigenvalue weighted by molar-refractivity contribution is -0.117. The van der Waals surface area contributed by atoms with Crippen LogP contribution in [0.25, 0.3) is 10.8 Å². The molecule has 0 fully saturated rings. The number of aromatic nitrogens is 3. The first kappa shape index (κ1) is 21.8. The molecule has 0 unspecified atom stereocenters. The molecule has 0 aliphatic rings. The van der Waals surface area contributed by atoms with E-state index in [9.17, 15) is 9.59 Å². The highest BCUT2D eigenvalue weighted by Crippen LogP contribution is 2.25. The van der Waals surface area contributed by atoms with Crippen LogP contribution in [-0.2, 0) is 24.3 Å². The Morgan fingerprint density at radius 1 is 1.06 bits per heavy atom. The van der Waals surface area contributed by atoms with Crippen LogP contribution in [0, 0.1) is 13.8 Å². The summed E-state index contributed by atoms with van der Waals surface area (Å²) < 4.78 is 3.28. The van der Waals surface area contributed by atoms with Gasteiger partial charge in [0.2, 0.25) is 5.91 Å². The molecule has 2 heterocycles. The number of aryl methyl sites for hydroxylation is 3. The van der Waals surface area contributed by atoms with Crippen LogP contribution in [0.5, 0.6) is 0 Å². The minimum Gasteiger partial charge on any atom is -0.343 e. The van der Waals surface area contributed by atoms with Gasteiger partial charge in [-0.25, -0.2) is 4.68 Å². The van der Waals surface area contributed by atoms with E-state index in [1.807, 2.05) is 62.4 Å². The normalized spacial score (nSPS) is 11.1. The van der Waals surface area contributed by atoms with E-state index in [-0.39, 0.29) is 18.0 Å². The Morgan fingerprint density at radius 2 is 1.78 bits per heavy atom. The lowest BCUT2D eigenvalue weighted by Gasteiger charge is -2.10. The number of nitrogens with zero attached hydrogens (tertiary/aromatic N) is 3. The van der Waals surface area contributed by atoms with Crippen molar-refractivity contribution in [1.82, 2.24) is 14.3 Å². The maximum absolute atomic E-state index is 13.2. The summed E-state index contributed by atoms with van der Waals surface area (Å²) in [4.78, 5) is 25.7. The molecule has 2 aromatic heterocycles. The molecule has 0 saturated heterocycles. The van der Waals surface area contributed by atoms with Crippen LogP contribution in [0.15, 0.2) is 59.5 Å². The summed E-state index contributed by atoms with van der Waals surface area (Å²) in [7, 11) is 0. The molecule has 4 aromatic rings. The number of fused-ring (bicyclic) bond motifs is 1. The number of benzene rings is 2. The van der Waals surface area contributed by atoms with Gasteiger partial charge in [-0.15, -0.1) is 0 Å². The zero-order chi connectivity index (χ0) is 22.8. The largest absolute Gasteiger partial charge is 0.343 e. The minimum atomic E-state index is -0.298. The first-order valence-corrected chi connectivity index (χ1v) is 10.9. The Labute approximate surface area is 191 Å². The van der Waals surface area contributed by atoms with Crippen molar-refractivity contribution >= 4 is 34.0 Å². The van der Waals surface area contributed by atoms with Crippen LogP contribution in [0.1, 0.15) is 29.4 Å². The fourth-order valence-electron chi connectivity index (χ4n) is 3.95. The van der Waals surface area contributed by atoms with Crippen molar-refractivity contribution in [2.24, 2.45) is 0 Å². The van der Waals surface area contributed by atoms with Gasteiger partial charge in [0.05, 0.1) is 11.6 Å². The number of carbonyl (C=O) groups excluding carboxylic acids is 1. The second-order valence-electron chi connectivity index (χ2n) is 7.84. The molecule has 0 spiro atoms. The summed E-state index contributed by atoms with van der Waals surface area (Å²) in [5.41, 5.74) is 4.35. The molecule has 32 heavy (non-hydrogen) atoms. The molecule has 7 heteroatoms. The highest BCUT2D eigenvalue weighted by molar-refractivity contribution is 6.31. The molecule has 0 aliphatic heterocycles. The number of amides is 1. The Morgan fingerprint density at radius 3 is 2.47 bits per heavy atom. The average molecular weight is 449 g/mol. The van der Waals surface area contributed by atoms with Crippen LogP contribution in [0.4, 0.5) is 5.69 Å². The van der Waals surface area contributed by atoms with Gasteiger partial charge in [0, 0.05) is 34.0 Å². The van der Waals surface area contributed by atoms with Gasteiger partial charge in [0.15, 0.2) is 0 Å². The smallest absolute Gasteiger partial charge is 0.276 e. The number of halogens is 1. The van der Waals surface area contributed by atoms with E-state index in [4.69, 9.17) is 11.6 Å². The van der Waals surface area contributed by atoms with Crippen LogP contribution in [-0.4, -0.2) is 20.3 Å². The Kier molecular flexibility index (Phi) is 6.15. The van der Waals surface area contributed by atoms with E-state index < -0.39 is 0 Å². The lowest BCUT2D eigenvalue weighted by atomic mass is 10.1. The Hall–Kier alpha value is -3.38. The predicted molar refractivity (Wildman–Crippen MR) is 128 cm³/mol. The molecule has 4 rings (SSSR count). The number of nitrogens with one attached hydrogen (secondary N) is 1. The molecule has 0 aliphatic carbocycles. The summed E-state index contributed by atoms with van der Waals surface area (Å²) in [6, 6.07) is 15.3. The van der Waals surface area contributed by atoms with E-state index in [1.54, 1.807) is 6.20 Å². The van der Waals surface area contributed by atoms with Crippen molar-refractivity contribution in [1.29, 1.82) is 0 Å². The van der Waals surface area contributed by atoms with E-state index in [1.165, 1.54) is 10.2 Å². The van der Waals surface area contributed by atoms with Gasteiger partial charge in [-0.2, -0.15) is 5.10 Å². The number of hydrogen-bond acceptors (Lipinski definition) is 3. The predicted octanol–water partition coefficient (Wildman–Crippen LogP) is 4.72. The van der Waals surface area contributed by atoms with Gasteiger partial charge < -0.3 is 9.88 Å². The molecule has 0 bridgehead atoms. The summed E-state index contributed by atoms with van der Waals surface area (Å²) in [5.74, 6) is -0.298. The fraction of sp³-hybridized carbons (Fsp3) is 0.240. The first-order valence-electron chi connectivity index (χ1n) is 10.6. The summed E-state index contributed by atoms with van der Waals surface area (Å²) in [5, 5.41) is 9.13. The van der Waals surface area contributed by atoms with Gasteiger partial charge in [0.25, 0.3) is 5.56 Å². The van der Waals surface area contributed by atoms with Crippen LogP contribution < -0.4 is 10.9 Å². The van der Waals surface area contributed by atoms with Crippen molar-refractivity contribution in [3.63, 3.8) is 0 Å². The van der Waals surface area contributed by atoms with E-state index >= 15 is 0 Å². The number of hydrogen-bond donors (Lipinski definition) is 1. The van der Waals surface area contributed by atoms with Crippen molar-refractivity contribution < 1.29 is 4.79 Å². The zero-order valence-electron chi connectivity index (χ0n) is 18.4. The molecule has 6 nitrogen and oxygen atoms in total. The molecule has 0 saturated carbocycles. The quantitative estimate of drug-likeness (QED) is 0.464. The molecule has 0 atom stereocenters. The molecule has 2 aromatic carbocycles. The van der Waals surface area contributed by atoms with E-state index in [2.05, 4.69) is 21.9 Å². The fourth-order valence-corrected chi connectivity index (χ4v) is 4.15.